The lowest BCUT2D eigenvalue weighted by atomic mass is 9.85. The van der Waals surface area contributed by atoms with Gasteiger partial charge in [-0.3, -0.25) is 0 Å². The number of aryl methyl sites for hydroxylation is 1. The Kier molecular flexibility index (Phi) is 8.61. The summed E-state index contributed by atoms with van der Waals surface area (Å²) in [5.41, 5.74) is 3.55. The fourth-order valence-electron chi connectivity index (χ4n) is 4.08. The third-order valence-electron chi connectivity index (χ3n) is 5.87. The Morgan fingerprint density at radius 1 is 0.714 bits per heavy atom. The van der Waals surface area contributed by atoms with Crippen LogP contribution in [0.1, 0.15) is 122 Å². The first-order valence-corrected chi connectivity index (χ1v) is 12.5. The van der Waals surface area contributed by atoms with Gasteiger partial charge >= 0.3 is 0 Å². The second-order valence-corrected chi connectivity index (χ2v) is 11.8. The van der Waals surface area contributed by atoms with Gasteiger partial charge in [0.25, 0.3) is 0 Å². The van der Waals surface area contributed by atoms with Crippen molar-refractivity contribution in [2.24, 2.45) is 0 Å². The van der Waals surface area contributed by atoms with Crippen LogP contribution in [0.5, 0.6) is 0 Å². The zero-order chi connectivity index (χ0) is 20.8. The molecule has 0 nitrogen and oxygen atoms in total. The molecule has 0 amide bonds. The smallest absolute Gasteiger partial charge is 0.0351 e. The van der Waals surface area contributed by atoms with Gasteiger partial charge in [0, 0.05) is 9.58 Å². The van der Waals surface area contributed by atoms with Gasteiger partial charge < -0.3 is 0 Å². The minimum absolute atomic E-state index is 0.220. The van der Waals surface area contributed by atoms with Gasteiger partial charge in [-0.15, -0.1) is 11.3 Å². The molecule has 1 aromatic heterocycles. The normalized spacial score (nSPS) is 12.8. The fourth-order valence-corrected chi connectivity index (χ4v) is 5.43. The molecule has 0 aliphatic heterocycles. The Balaban J connectivity index is 2.02. The number of thiophene rings is 1. The molecule has 2 rings (SSSR count). The van der Waals surface area contributed by atoms with E-state index in [1.54, 1.807) is 10.4 Å². The highest BCUT2D eigenvalue weighted by Crippen LogP contribution is 2.41. The zero-order valence-corrected chi connectivity index (χ0v) is 20.5. The molecule has 0 N–H and O–H groups in total. The van der Waals surface area contributed by atoms with E-state index in [1.807, 2.05) is 11.3 Å². The van der Waals surface area contributed by atoms with Crippen LogP contribution in [0.15, 0.2) is 18.2 Å². The van der Waals surface area contributed by atoms with Gasteiger partial charge in [-0.1, -0.05) is 112 Å². The zero-order valence-electron chi connectivity index (χ0n) is 19.7. The number of fused-ring (bicyclic) bond motifs is 1. The van der Waals surface area contributed by atoms with Crippen LogP contribution < -0.4 is 0 Å². The highest BCUT2D eigenvalue weighted by atomic mass is 32.1. The van der Waals surface area contributed by atoms with E-state index >= 15 is 0 Å². The highest BCUT2D eigenvalue weighted by Gasteiger charge is 2.24. The van der Waals surface area contributed by atoms with E-state index in [9.17, 15) is 0 Å². The van der Waals surface area contributed by atoms with Crippen molar-refractivity contribution < 1.29 is 0 Å². The molecule has 0 radical (unpaired) electrons. The molecule has 2 aromatic rings. The van der Waals surface area contributed by atoms with Crippen LogP contribution in [0, 0.1) is 0 Å². The first kappa shape index (κ1) is 23.5. The van der Waals surface area contributed by atoms with Gasteiger partial charge in [0.2, 0.25) is 0 Å². The monoisotopic (exact) mass is 400 g/mol. The van der Waals surface area contributed by atoms with E-state index in [4.69, 9.17) is 0 Å². The quantitative estimate of drug-likeness (QED) is 0.348. The van der Waals surface area contributed by atoms with E-state index in [-0.39, 0.29) is 10.8 Å². The molecule has 1 aromatic carbocycles. The van der Waals surface area contributed by atoms with Gasteiger partial charge in [-0.25, -0.2) is 0 Å². The molecule has 0 fully saturated rings. The molecule has 158 valence electrons. The van der Waals surface area contributed by atoms with Crippen LogP contribution in [-0.4, -0.2) is 0 Å². The molecule has 0 aliphatic carbocycles. The van der Waals surface area contributed by atoms with E-state index in [0.29, 0.717) is 0 Å². The van der Waals surface area contributed by atoms with Crippen LogP contribution in [0.4, 0.5) is 0 Å². The second-order valence-electron chi connectivity index (χ2n) is 10.7. The molecule has 0 saturated carbocycles. The number of hydrogen-bond donors (Lipinski definition) is 0. The summed E-state index contributed by atoms with van der Waals surface area (Å²) in [6.45, 7) is 16.4. The molecule has 0 unspecified atom stereocenters. The second kappa shape index (κ2) is 10.3. The molecule has 0 saturated heterocycles. The molecule has 1 heteroatoms. The van der Waals surface area contributed by atoms with Gasteiger partial charge in [-0.05, 0) is 46.3 Å². The fraction of sp³-hybridized carbons (Fsp3) is 0.704. The Bertz CT molecular complexity index is 721. The summed E-state index contributed by atoms with van der Waals surface area (Å²) in [5.74, 6) is 0. The summed E-state index contributed by atoms with van der Waals surface area (Å²) in [6.07, 6.45) is 13.9. The number of hydrogen-bond acceptors (Lipinski definition) is 1. The van der Waals surface area contributed by atoms with Crippen molar-refractivity contribution in [2.75, 3.05) is 0 Å². The summed E-state index contributed by atoms with van der Waals surface area (Å²) in [4.78, 5) is 1.60. The maximum atomic E-state index is 2.45. The first-order chi connectivity index (χ1) is 13.1. The summed E-state index contributed by atoms with van der Waals surface area (Å²) in [5, 5.41) is 1.52. The van der Waals surface area contributed by atoms with Crippen molar-refractivity contribution in [3.63, 3.8) is 0 Å². The maximum Gasteiger partial charge on any atom is 0.0351 e. The van der Waals surface area contributed by atoms with Gasteiger partial charge in [0.15, 0.2) is 0 Å². The Hall–Kier alpha value is -0.820. The van der Waals surface area contributed by atoms with Crippen LogP contribution in [0.2, 0.25) is 0 Å². The third-order valence-corrected chi connectivity index (χ3v) is 7.49. The summed E-state index contributed by atoms with van der Waals surface area (Å²) in [7, 11) is 0. The maximum absolute atomic E-state index is 2.45. The van der Waals surface area contributed by atoms with Crippen molar-refractivity contribution in [3.8, 4) is 0 Å². The molecule has 1 heterocycles. The van der Waals surface area contributed by atoms with E-state index in [1.165, 1.54) is 79.9 Å². The third kappa shape index (κ3) is 6.61. The van der Waals surface area contributed by atoms with Crippen molar-refractivity contribution >= 4 is 21.4 Å². The lowest BCUT2D eigenvalue weighted by Crippen LogP contribution is -2.11. The van der Waals surface area contributed by atoms with Gasteiger partial charge in [0.05, 0.1) is 0 Å². The predicted molar refractivity (Wildman–Crippen MR) is 130 cm³/mol. The number of rotatable bonds is 10. The average molecular weight is 401 g/mol. The Morgan fingerprint density at radius 3 is 1.82 bits per heavy atom. The Labute approximate surface area is 179 Å². The van der Waals surface area contributed by atoms with Crippen LogP contribution in [0.25, 0.3) is 10.1 Å². The molecule has 0 spiro atoms. The molecule has 28 heavy (non-hydrogen) atoms. The molecule has 0 bridgehead atoms. The average Bonchev–Trinajstić information content (AvgIpc) is 2.98. The van der Waals surface area contributed by atoms with Crippen LogP contribution in [-0.2, 0) is 17.3 Å². The number of unbranched alkanes of at least 4 members (excludes halogenated alkanes) is 8. The van der Waals surface area contributed by atoms with E-state index in [2.05, 4.69) is 66.7 Å². The molecular formula is C27H44S. The van der Waals surface area contributed by atoms with Gasteiger partial charge in [0.1, 0.15) is 0 Å². The lowest BCUT2D eigenvalue weighted by Gasteiger charge is -2.19. The standard InChI is InChI=1S/C27H44S/c1-8-9-10-11-12-13-14-15-16-17-23-22-19-18-21(26(2,3)4)20-24(22)28-25(23)27(5,6)7/h18-20H,8-17H2,1-7H3. The van der Waals surface area contributed by atoms with Crippen molar-refractivity contribution in [1.29, 1.82) is 0 Å². The van der Waals surface area contributed by atoms with Crippen molar-refractivity contribution in [2.45, 2.75) is 124 Å². The SMILES string of the molecule is CCCCCCCCCCCc1c(C(C)(C)C)sc2cc(C(C)(C)C)ccc12. The van der Waals surface area contributed by atoms with Crippen LogP contribution >= 0.6 is 11.3 Å². The minimum Gasteiger partial charge on any atom is -0.139 e. The van der Waals surface area contributed by atoms with Crippen molar-refractivity contribution in [3.05, 3.63) is 34.2 Å². The molecular weight excluding hydrogens is 356 g/mol. The first-order valence-electron chi connectivity index (χ1n) is 11.7. The number of benzene rings is 1. The Morgan fingerprint density at radius 2 is 1.29 bits per heavy atom. The van der Waals surface area contributed by atoms with Crippen LogP contribution in [0.3, 0.4) is 0 Å². The van der Waals surface area contributed by atoms with Crippen molar-refractivity contribution in [1.82, 2.24) is 0 Å². The lowest BCUT2D eigenvalue weighted by molar-refractivity contribution is 0.561. The van der Waals surface area contributed by atoms with E-state index < -0.39 is 0 Å². The largest absolute Gasteiger partial charge is 0.139 e. The minimum atomic E-state index is 0.220. The molecule has 0 atom stereocenters. The molecule has 0 aliphatic rings. The summed E-state index contributed by atoms with van der Waals surface area (Å²) in [6, 6.07) is 7.22. The van der Waals surface area contributed by atoms with Gasteiger partial charge in [-0.2, -0.15) is 0 Å². The predicted octanol–water partition coefficient (Wildman–Crippen LogP) is 9.57. The summed E-state index contributed by atoms with van der Waals surface area (Å²) < 4.78 is 1.49. The highest BCUT2D eigenvalue weighted by molar-refractivity contribution is 7.19. The summed E-state index contributed by atoms with van der Waals surface area (Å²) >= 11 is 2.04. The van der Waals surface area contributed by atoms with E-state index in [0.717, 1.165) is 0 Å². The topological polar surface area (TPSA) is 0 Å².